The fraction of sp³-hybridized carbons (Fsp3) is 0.467. The minimum atomic E-state index is -0.887. The van der Waals surface area contributed by atoms with Gasteiger partial charge in [0, 0.05) is 5.02 Å². The van der Waals surface area contributed by atoms with Crippen LogP contribution in [-0.4, -0.2) is 11.4 Å². The number of nitrogens with zero attached hydrogens (tertiary/aromatic N) is 1. The summed E-state index contributed by atoms with van der Waals surface area (Å²) in [5.74, 6) is -1.21. The van der Waals surface area contributed by atoms with Gasteiger partial charge in [-0.3, -0.25) is 4.79 Å². The van der Waals surface area contributed by atoms with Crippen LogP contribution in [0.4, 0.5) is 4.39 Å². The van der Waals surface area contributed by atoms with Gasteiger partial charge in [-0.1, -0.05) is 37.3 Å². The summed E-state index contributed by atoms with van der Waals surface area (Å²) in [5.41, 5.74) is -1.00. The predicted octanol–water partition coefficient (Wildman–Crippen LogP) is 3.83. The fourth-order valence-electron chi connectivity index (χ4n) is 2.55. The molecule has 1 aromatic rings. The van der Waals surface area contributed by atoms with Crippen LogP contribution in [0, 0.1) is 17.1 Å². The van der Waals surface area contributed by atoms with Crippen LogP contribution < -0.4 is 5.32 Å². The highest BCUT2D eigenvalue weighted by molar-refractivity contribution is 6.31. The molecule has 3 nitrogen and oxygen atoms in total. The van der Waals surface area contributed by atoms with Crippen molar-refractivity contribution < 1.29 is 9.18 Å². The Morgan fingerprint density at radius 1 is 1.30 bits per heavy atom. The van der Waals surface area contributed by atoms with E-state index in [0.717, 1.165) is 31.7 Å². The normalized spacial score (nSPS) is 17.9. The molecule has 5 heteroatoms. The van der Waals surface area contributed by atoms with Crippen LogP contribution in [0.15, 0.2) is 18.2 Å². The van der Waals surface area contributed by atoms with Crippen molar-refractivity contribution in [2.24, 2.45) is 0 Å². The number of nitrogens with one attached hydrogen (secondary N) is 1. The zero-order chi connectivity index (χ0) is 14.6. The van der Waals surface area contributed by atoms with Gasteiger partial charge in [-0.05, 0) is 31.0 Å². The number of halogens is 2. The maximum atomic E-state index is 13.7. The van der Waals surface area contributed by atoms with Crippen molar-refractivity contribution in [3.63, 3.8) is 0 Å². The van der Waals surface area contributed by atoms with Crippen LogP contribution in [-0.2, 0) is 0 Å². The molecule has 0 bridgehead atoms. The van der Waals surface area contributed by atoms with E-state index in [-0.39, 0.29) is 5.56 Å². The van der Waals surface area contributed by atoms with Gasteiger partial charge >= 0.3 is 0 Å². The second kappa shape index (κ2) is 6.23. The molecule has 0 atom stereocenters. The quantitative estimate of drug-likeness (QED) is 0.843. The molecule has 0 unspecified atom stereocenters. The predicted molar refractivity (Wildman–Crippen MR) is 74.9 cm³/mol. The Morgan fingerprint density at radius 2 is 1.95 bits per heavy atom. The van der Waals surface area contributed by atoms with Crippen molar-refractivity contribution in [1.82, 2.24) is 5.32 Å². The van der Waals surface area contributed by atoms with Crippen LogP contribution >= 0.6 is 11.6 Å². The van der Waals surface area contributed by atoms with E-state index in [2.05, 4.69) is 11.4 Å². The van der Waals surface area contributed by atoms with Crippen LogP contribution in [0.3, 0.4) is 0 Å². The van der Waals surface area contributed by atoms with Gasteiger partial charge in [-0.25, -0.2) is 4.39 Å². The molecule has 1 N–H and O–H groups in total. The third-order valence-corrected chi connectivity index (χ3v) is 3.93. The van der Waals surface area contributed by atoms with Crippen LogP contribution in [0.1, 0.15) is 48.9 Å². The standard InChI is InChI=1S/C15H16ClFN2O/c16-11-5-6-13(17)12(9-11)14(20)19-15(10-18)7-3-1-2-4-8-15/h5-6,9H,1-4,7-8H2,(H,19,20). The summed E-state index contributed by atoms with van der Waals surface area (Å²) in [7, 11) is 0. The number of amides is 1. The molecule has 1 fully saturated rings. The van der Waals surface area contributed by atoms with E-state index in [1.54, 1.807) is 0 Å². The second-order valence-corrected chi connectivity index (χ2v) is 5.62. The second-order valence-electron chi connectivity index (χ2n) is 5.19. The van der Waals surface area contributed by atoms with Gasteiger partial charge in [-0.15, -0.1) is 0 Å². The van der Waals surface area contributed by atoms with Gasteiger partial charge < -0.3 is 5.32 Å². The first-order valence-electron chi connectivity index (χ1n) is 6.75. The maximum Gasteiger partial charge on any atom is 0.255 e. The highest BCUT2D eigenvalue weighted by Crippen LogP contribution is 2.27. The smallest absolute Gasteiger partial charge is 0.255 e. The molecule has 106 valence electrons. The summed E-state index contributed by atoms with van der Waals surface area (Å²) in [6.45, 7) is 0. The molecule has 0 heterocycles. The topological polar surface area (TPSA) is 52.9 Å². The number of carbonyl (C=O) groups excluding carboxylic acids is 1. The molecule has 0 aromatic heterocycles. The van der Waals surface area contributed by atoms with E-state index in [0.29, 0.717) is 17.9 Å². The molecule has 1 aliphatic carbocycles. The Balaban J connectivity index is 2.21. The molecule has 0 saturated heterocycles. The third-order valence-electron chi connectivity index (χ3n) is 3.70. The Hall–Kier alpha value is -1.60. The fourth-order valence-corrected chi connectivity index (χ4v) is 2.73. The maximum absolute atomic E-state index is 13.7. The lowest BCUT2D eigenvalue weighted by Crippen LogP contribution is -2.47. The minimum absolute atomic E-state index is 0.114. The van der Waals surface area contributed by atoms with Gasteiger partial charge in [0.1, 0.15) is 11.4 Å². The lowest BCUT2D eigenvalue weighted by Gasteiger charge is -2.26. The number of hydrogen-bond donors (Lipinski definition) is 1. The molecule has 1 amide bonds. The molecule has 0 aliphatic heterocycles. The lowest BCUT2D eigenvalue weighted by atomic mass is 9.91. The van der Waals surface area contributed by atoms with Crippen molar-refractivity contribution in [3.05, 3.63) is 34.6 Å². The van der Waals surface area contributed by atoms with Crippen molar-refractivity contribution in [1.29, 1.82) is 5.26 Å². The summed E-state index contributed by atoms with van der Waals surface area (Å²) >= 11 is 5.79. The largest absolute Gasteiger partial charge is 0.334 e. The van der Waals surface area contributed by atoms with E-state index in [9.17, 15) is 14.4 Å². The summed E-state index contributed by atoms with van der Waals surface area (Å²) in [5, 5.41) is 12.4. The average Bonchev–Trinajstić information content (AvgIpc) is 2.67. The van der Waals surface area contributed by atoms with E-state index >= 15 is 0 Å². The lowest BCUT2D eigenvalue weighted by molar-refractivity contribution is 0.0909. The van der Waals surface area contributed by atoms with Crippen molar-refractivity contribution >= 4 is 17.5 Å². The summed E-state index contributed by atoms with van der Waals surface area (Å²) in [4.78, 5) is 12.2. The van der Waals surface area contributed by atoms with E-state index in [4.69, 9.17) is 11.6 Å². The van der Waals surface area contributed by atoms with Gasteiger partial charge in [0.25, 0.3) is 5.91 Å². The number of nitriles is 1. The van der Waals surface area contributed by atoms with Gasteiger partial charge in [0.15, 0.2) is 0 Å². The number of benzene rings is 1. The third kappa shape index (κ3) is 3.29. The first-order valence-corrected chi connectivity index (χ1v) is 7.13. The van der Waals surface area contributed by atoms with Gasteiger partial charge in [0.05, 0.1) is 11.6 Å². The minimum Gasteiger partial charge on any atom is -0.334 e. The highest BCUT2D eigenvalue weighted by Gasteiger charge is 2.33. The first kappa shape index (κ1) is 14.8. The summed E-state index contributed by atoms with van der Waals surface area (Å²) < 4.78 is 13.7. The van der Waals surface area contributed by atoms with Gasteiger partial charge in [-0.2, -0.15) is 5.26 Å². The highest BCUT2D eigenvalue weighted by atomic mass is 35.5. The molecule has 0 radical (unpaired) electrons. The van der Waals surface area contributed by atoms with Crippen molar-refractivity contribution in [2.75, 3.05) is 0 Å². The van der Waals surface area contributed by atoms with E-state index in [1.807, 2.05) is 0 Å². The SMILES string of the molecule is N#CC1(NC(=O)c2cc(Cl)ccc2F)CCCCCC1. The van der Waals surface area contributed by atoms with Crippen LogP contribution in [0.25, 0.3) is 0 Å². The Bertz CT molecular complexity index is 545. The zero-order valence-electron chi connectivity index (χ0n) is 11.1. The molecule has 1 saturated carbocycles. The van der Waals surface area contributed by atoms with E-state index in [1.165, 1.54) is 12.1 Å². The van der Waals surface area contributed by atoms with Crippen LogP contribution in [0.2, 0.25) is 5.02 Å². The molecule has 2 rings (SSSR count). The molecule has 20 heavy (non-hydrogen) atoms. The Kier molecular flexibility index (Phi) is 4.61. The van der Waals surface area contributed by atoms with Crippen molar-refractivity contribution in [2.45, 2.75) is 44.1 Å². The zero-order valence-corrected chi connectivity index (χ0v) is 11.8. The van der Waals surface area contributed by atoms with Crippen LogP contribution in [0.5, 0.6) is 0 Å². The molecule has 1 aliphatic rings. The van der Waals surface area contributed by atoms with E-state index < -0.39 is 17.3 Å². The molecule has 0 spiro atoms. The first-order chi connectivity index (χ1) is 9.56. The summed E-state index contributed by atoms with van der Waals surface area (Å²) in [6, 6.07) is 6.03. The number of rotatable bonds is 2. The monoisotopic (exact) mass is 294 g/mol. The molecule has 1 aromatic carbocycles. The molecular weight excluding hydrogens is 279 g/mol. The molecular formula is C15H16ClFN2O. The number of carbonyl (C=O) groups is 1. The number of hydrogen-bond acceptors (Lipinski definition) is 2. The summed E-state index contributed by atoms with van der Waals surface area (Å²) in [6.07, 6.45) is 5.13. The average molecular weight is 295 g/mol. The van der Waals surface area contributed by atoms with Gasteiger partial charge in [0.2, 0.25) is 0 Å². The Labute approximate surface area is 122 Å². The Morgan fingerprint density at radius 3 is 2.55 bits per heavy atom. The van der Waals surface area contributed by atoms with Crippen molar-refractivity contribution in [3.8, 4) is 6.07 Å².